The Bertz CT molecular complexity index is 149. The normalized spacial score (nSPS) is 27.7. The molecular weight excluding hydrogens is 168 g/mol. The van der Waals surface area contributed by atoms with Gasteiger partial charge in [0.2, 0.25) is 0 Å². The Morgan fingerprint density at radius 1 is 1.82 bits per heavy atom. The highest BCUT2D eigenvalue weighted by Gasteiger charge is 2.19. The van der Waals surface area contributed by atoms with Gasteiger partial charge in [-0.2, -0.15) is 5.06 Å². The molecule has 0 aromatic rings. The first-order chi connectivity index (χ1) is 5.20. The lowest BCUT2D eigenvalue weighted by Gasteiger charge is -2.22. The first kappa shape index (κ1) is 9.08. The van der Waals surface area contributed by atoms with Crippen LogP contribution in [0.5, 0.6) is 0 Å². The molecule has 1 N–H and O–H groups in total. The topological polar surface area (TPSA) is 64.6 Å². The van der Waals surface area contributed by atoms with Crippen molar-refractivity contribution in [3.63, 3.8) is 0 Å². The van der Waals surface area contributed by atoms with E-state index in [9.17, 15) is 8.76 Å². The van der Waals surface area contributed by atoms with E-state index in [2.05, 4.69) is 9.60 Å². The SMILES string of the molecule is CN(OS(=O)[O-])C1CCNC1. The molecule has 1 aliphatic rings. The molecule has 0 radical (unpaired) electrons. The Balaban J connectivity index is 2.28. The Hall–Kier alpha value is -0.0100. The standard InChI is InChI=1S/C5H12N2O3S/c1-7(10-11(8)9)5-2-3-6-4-5/h5-6H,2-4H2,1H3,(H,8,9)/p-1. The van der Waals surface area contributed by atoms with Gasteiger partial charge in [0.05, 0.1) is 0 Å². The third kappa shape index (κ3) is 2.84. The van der Waals surface area contributed by atoms with E-state index < -0.39 is 11.4 Å². The predicted molar refractivity (Wildman–Crippen MR) is 39.0 cm³/mol. The minimum atomic E-state index is -2.44. The summed E-state index contributed by atoms with van der Waals surface area (Å²) in [5, 5.41) is 4.47. The van der Waals surface area contributed by atoms with Crippen molar-refractivity contribution in [2.75, 3.05) is 20.1 Å². The van der Waals surface area contributed by atoms with Crippen molar-refractivity contribution in [2.45, 2.75) is 12.5 Å². The van der Waals surface area contributed by atoms with E-state index in [4.69, 9.17) is 0 Å². The average molecular weight is 179 g/mol. The van der Waals surface area contributed by atoms with Crippen molar-refractivity contribution in [2.24, 2.45) is 0 Å². The van der Waals surface area contributed by atoms with Gasteiger partial charge in [-0.1, -0.05) is 0 Å². The summed E-state index contributed by atoms with van der Waals surface area (Å²) in [4.78, 5) is 0. The molecular formula is C5H11N2O3S-. The third-order valence-electron chi connectivity index (χ3n) is 1.73. The number of nitrogens with one attached hydrogen (secondary N) is 1. The summed E-state index contributed by atoms with van der Waals surface area (Å²) in [5.74, 6) is 0. The van der Waals surface area contributed by atoms with E-state index in [0.29, 0.717) is 0 Å². The molecule has 6 heteroatoms. The highest BCUT2D eigenvalue weighted by Crippen LogP contribution is 2.06. The van der Waals surface area contributed by atoms with Crippen molar-refractivity contribution in [1.82, 2.24) is 10.4 Å². The van der Waals surface area contributed by atoms with Gasteiger partial charge in [-0.25, -0.2) is 8.49 Å². The highest BCUT2D eigenvalue weighted by atomic mass is 32.2. The molecule has 0 bridgehead atoms. The maximum Gasteiger partial charge on any atom is 0.106 e. The van der Waals surface area contributed by atoms with E-state index in [-0.39, 0.29) is 6.04 Å². The van der Waals surface area contributed by atoms with Crippen LogP contribution in [0.1, 0.15) is 6.42 Å². The quantitative estimate of drug-likeness (QED) is 0.445. The largest absolute Gasteiger partial charge is 0.748 e. The van der Waals surface area contributed by atoms with Crippen molar-refractivity contribution < 1.29 is 13.0 Å². The van der Waals surface area contributed by atoms with Crippen LogP contribution in [-0.2, 0) is 15.6 Å². The number of hydrogen-bond acceptors (Lipinski definition) is 5. The molecule has 0 spiro atoms. The highest BCUT2D eigenvalue weighted by molar-refractivity contribution is 7.74. The molecule has 66 valence electrons. The summed E-state index contributed by atoms with van der Waals surface area (Å²) < 4.78 is 24.6. The fraction of sp³-hybridized carbons (Fsp3) is 1.00. The van der Waals surface area contributed by atoms with Crippen molar-refractivity contribution >= 4 is 11.4 Å². The smallest absolute Gasteiger partial charge is 0.106 e. The fourth-order valence-corrected chi connectivity index (χ4v) is 1.42. The van der Waals surface area contributed by atoms with Crippen LogP contribution in [0.25, 0.3) is 0 Å². The van der Waals surface area contributed by atoms with Crippen LogP contribution < -0.4 is 5.32 Å². The fourth-order valence-electron chi connectivity index (χ4n) is 1.11. The van der Waals surface area contributed by atoms with Crippen LogP contribution in [0, 0.1) is 0 Å². The third-order valence-corrected chi connectivity index (χ3v) is 2.08. The zero-order valence-corrected chi connectivity index (χ0v) is 7.10. The lowest BCUT2D eigenvalue weighted by molar-refractivity contribution is -0.0594. The molecule has 1 rings (SSSR count). The van der Waals surface area contributed by atoms with Gasteiger partial charge in [0, 0.05) is 19.6 Å². The molecule has 5 nitrogen and oxygen atoms in total. The lowest BCUT2D eigenvalue weighted by atomic mass is 10.3. The van der Waals surface area contributed by atoms with Crippen LogP contribution in [0.2, 0.25) is 0 Å². The molecule has 2 atom stereocenters. The predicted octanol–water partition coefficient (Wildman–Crippen LogP) is -0.994. The summed E-state index contributed by atoms with van der Waals surface area (Å²) in [6, 6.07) is 0.174. The molecule has 1 heterocycles. The zero-order chi connectivity index (χ0) is 8.27. The Kier molecular flexibility index (Phi) is 3.41. The summed E-state index contributed by atoms with van der Waals surface area (Å²) in [6.07, 6.45) is 0.924. The minimum absolute atomic E-state index is 0.174. The van der Waals surface area contributed by atoms with Gasteiger partial charge >= 0.3 is 0 Å². The average Bonchev–Trinajstić information content (AvgIpc) is 2.35. The van der Waals surface area contributed by atoms with Gasteiger partial charge in [-0.05, 0) is 13.0 Å². The number of rotatable bonds is 3. The summed E-state index contributed by atoms with van der Waals surface area (Å²) in [6.45, 7) is 1.71. The van der Waals surface area contributed by atoms with E-state index in [0.717, 1.165) is 19.5 Å². The lowest BCUT2D eigenvalue weighted by Crippen LogP contribution is -2.33. The molecule has 1 aliphatic heterocycles. The van der Waals surface area contributed by atoms with Crippen LogP contribution >= 0.6 is 0 Å². The number of hydroxylamine groups is 2. The van der Waals surface area contributed by atoms with Crippen molar-refractivity contribution in [3.05, 3.63) is 0 Å². The monoisotopic (exact) mass is 179 g/mol. The zero-order valence-electron chi connectivity index (χ0n) is 6.28. The molecule has 2 unspecified atom stereocenters. The molecule has 11 heavy (non-hydrogen) atoms. The van der Waals surface area contributed by atoms with Gasteiger partial charge in [0.25, 0.3) is 0 Å². The molecule has 0 saturated carbocycles. The van der Waals surface area contributed by atoms with Crippen LogP contribution in [0.15, 0.2) is 0 Å². The van der Waals surface area contributed by atoms with Crippen LogP contribution in [0.3, 0.4) is 0 Å². The van der Waals surface area contributed by atoms with E-state index in [1.54, 1.807) is 7.05 Å². The second-order valence-electron chi connectivity index (χ2n) is 2.47. The van der Waals surface area contributed by atoms with Crippen LogP contribution in [0.4, 0.5) is 0 Å². The first-order valence-electron chi connectivity index (χ1n) is 3.41. The molecule has 1 saturated heterocycles. The molecule has 0 aromatic carbocycles. The van der Waals surface area contributed by atoms with Gasteiger partial charge < -0.3 is 9.87 Å². The van der Waals surface area contributed by atoms with E-state index >= 15 is 0 Å². The Morgan fingerprint density at radius 3 is 3.00 bits per heavy atom. The molecule has 0 aliphatic carbocycles. The summed E-state index contributed by atoms with van der Waals surface area (Å²) >= 11 is -2.44. The molecule has 1 fully saturated rings. The Morgan fingerprint density at radius 2 is 2.55 bits per heavy atom. The molecule has 0 aromatic heterocycles. The second-order valence-corrected chi connectivity index (χ2v) is 3.03. The van der Waals surface area contributed by atoms with E-state index in [1.807, 2.05) is 0 Å². The van der Waals surface area contributed by atoms with Gasteiger partial charge in [0.15, 0.2) is 0 Å². The number of hydrogen-bond donors (Lipinski definition) is 1. The second kappa shape index (κ2) is 4.13. The first-order valence-corrected chi connectivity index (χ1v) is 4.41. The van der Waals surface area contributed by atoms with Gasteiger partial charge in [-0.3, -0.25) is 0 Å². The maximum atomic E-state index is 10.1. The summed E-state index contributed by atoms with van der Waals surface area (Å²) in [5.41, 5.74) is 0. The van der Waals surface area contributed by atoms with Crippen molar-refractivity contribution in [3.8, 4) is 0 Å². The number of nitrogens with zero attached hydrogens (tertiary/aromatic N) is 1. The number of likely N-dealkylation sites (N-methyl/N-ethyl adjacent to an activating group) is 1. The summed E-state index contributed by atoms with van der Waals surface area (Å²) in [7, 11) is 1.62. The van der Waals surface area contributed by atoms with Crippen molar-refractivity contribution in [1.29, 1.82) is 0 Å². The van der Waals surface area contributed by atoms with Gasteiger partial charge in [0.1, 0.15) is 11.4 Å². The Labute approximate surface area is 68.2 Å². The van der Waals surface area contributed by atoms with Gasteiger partial charge in [-0.15, -0.1) is 0 Å². The molecule has 0 amide bonds. The maximum absolute atomic E-state index is 10.1. The van der Waals surface area contributed by atoms with E-state index in [1.165, 1.54) is 5.06 Å². The minimum Gasteiger partial charge on any atom is -0.748 e. The van der Waals surface area contributed by atoms with Crippen LogP contribution in [-0.4, -0.2) is 40.0 Å².